The van der Waals surface area contributed by atoms with Crippen LogP contribution in [0.25, 0.3) is 0 Å². The first-order chi connectivity index (χ1) is 6.09. The molecule has 1 aromatic carbocycles. The number of phenols is 1. The number of esters is 1. The number of phenolic OH excluding ortho intramolecular Hbond substituents is 1. The van der Waals surface area contributed by atoms with E-state index in [1.54, 1.807) is 0 Å². The third-order valence-electron chi connectivity index (χ3n) is 1.28. The van der Waals surface area contributed by atoms with Crippen molar-refractivity contribution < 1.29 is 24.5 Å². The minimum atomic E-state index is -1.65. The fourth-order valence-electron chi connectivity index (χ4n) is 0.736. The summed E-state index contributed by atoms with van der Waals surface area (Å²) < 4.78 is 3.87. The second-order valence-corrected chi connectivity index (χ2v) is 2.20. The van der Waals surface area contributed by atoms with Gasteiger partial charge >= 0.3 is 12.1 Å². The summed E-state index contributed by atoms with van der Waals surface area (Å²) >= 11 is 0. The third kappa shape index (κ3) is 2.48. The first-order valence-electron chi connectivity index (χ1n) is 3.34. The molecule has 0 saturated heterocycles. The van der Waals surface area contributed by atoms with Crippen LogP contribution >= 0.6 is 0 Å². The Morgan fingerprint density at radius 3 is 2.15 bits per heavy atom. The molecule has 0 aliphatic heterocycles. The molecule has 0 amide bonds. The second kappa shape index (κ2) is 3.57. The van der Waals surface area contributed by atoms with Gasteiger partial charge in [0.1, 0.15) is 5.75 Å². The SMILES string of the molecule is O=C(O)OC(=O)c1ccc(O)cc1. The Bertz CT molecular complexity index is 327. The van der Waals surface area contributed by atoms with Crippen molar-refractivity contribution >= 4 is 12.1 Å². The van der Waals surface area contributed by atoms with Crippen LogP contribution in [0, 0.1) is 0 Å². The number of benzene rings is 1. The second-order valence-electron chi connectivity index (χ2n) is 2.20. The zero-order valence-corrected chi connectivity index (χ0v) is 6.43. The summed E-state index contributed by atoms with van der Waals surface area (Å²) in [6.07, 6.45) is -1.65. The summed E-state index contributed by atoms with van der Waals surface area (Å²) in [6, 6.07) is 5.05. The average molecular weight is 182 g/mol. The Morgan fingerprint density at radius 1 is 1.15 bits per heavy atom. The van der Waals surface area contributed by atoms with E-state index in [1.807, 2.05) is 0 Å². The lowest BCUT2D eigenvalue weighted by molar-refractivity contribution is 0.0509. The average Bonchev–Trinajstić information content (AvgIpc) is 2.04. The molecule has 1 rings (SSSR count). The highest BCUT2D eigenvalue weighted by atomic mass is 16.7. The Hall–Kier alpha value is -2.04. The van der Waals surface area contributed by atoms with Crippen LogP contribution in [0.3, 0.4) is 0 Å². The molecule has 0 aliphatic carbocycles. The molecule has 0 spiro atoms. The number of aromatic hydroxyl groups is 1. The van der Waals surface area contributed by atoms with Gasteiger partial charge in [-0.15, -0.1) is 0 Å². The summed E-state index contributed by atoms with van der Waals surface area (Å²) in [6.45, 7) is 0. The minimum absolute atomic E-state index is 0.00752. The van der Waals surface area contributed by atoms with Crippen molar-refractivity contribution in [1.82, 2.24) is 0 Å². The van der Waals surface area contributed by atoms with Crippen LogP contribution in [-0.4, -0.2) is 22.3 Å². The monoisotopic (exact) mass is 182 g/mol. The molecule has 0 bridgehead atoms. The van der Waals surface area contributed by atoms with Crippen molar-refractivity contribution in [3.8, 4) is 5.75 Å². The molecular weight excluding hydrogens is 176 g/mol. The Labute approximate surface area is 73.2 Å². The molecule has 0 unspecified atom stereocenters. The topological polar surface area (TPSA) is 83.8 Å². The van der Waals surface area contributed by atoms with Crippen molar-refractivity contribution in [2.24, 2.45) is 0 Å². The van der Waals surface area contributed by atoms with Gasteiger partial charge in [-0.05, 0) is 24.3 Å². The lowest BCUT2D eigenvalue weighted by atomic mass is 10.2. The van der Waals surface area contributed by atoms with Gasteiger partial charge in [0.2, 0.25) is 0 Å². The zero-order chi connectivity index (χ0) is 9.84. The number of carbonyl (C=O) groups is 2. The molecule has 13 heavy (non-hydrogen) atoms. The molecule has 0 radical (unpaired) electrons. The van der Waals surface area contributed by atoms with Gasteiger partial charge in [-0.2, -0.15) is 0 Å². The molecule has 5 nitrogen and oxygen atoms in total. The lowest BCUT2D eigenvalue weighted by Crippen LogP contribution is -2.09. The van der Waals surface area contributed by atoms with E-state index in [0.717, 1.165) is 0 Å². The maximum atomic E-state index is 10.9. The number of hydrogen-bond donors (Lipinski definition) is 2. The van der Waals surface area contributed by atoms with Crippen molar-refractivity contribution in [3.05, 3.63) is 29.8 Å². The van der Waals surface area contributed by atoms with Crippen LogP contribution < -0.4 is 0 Å². The smallest absolute Gasteiger partial charge is 0.508 e. The lowest BCUT2D eigenvalue weighted by Gasteiger charge is -1.97. The van der Waals surface area contributed by atoms with E-state index in [9.17, 15) is 9.59 Å². The Balaban J connectivity index is 2.78. The Kier molecular flexibility index (Phi) is 2.49. The fourth-order valence-corrected chi connectivity index (χ4v) is 0.736. The van der Waals surface area contributed by atoms with Crippen molar-refractivity contribution in [3.63, 3.8) is 0 Å². The predicted octanol–water partition coefficient (Wildman–Crippen LogP) is 1.23. The highest BCUT2D eigenvalue weighted by Crippen LogP contribution is 2.10. The highest BCUT2D eigenvalue weighted by Gasteiger charge is 2.10. The number of carbonyl (C=O) groups excluding carboxylic acids is 1. The van der Waals surface area contributed by atoms with E-state index in [4.69, 9.17) is 10.2 Å². The van der Waals surface area contributed by atoms with E-state index in [1.165, 1.54) is 24.3 Å². The van der Waals surface area contributed by atoms with Crippen molar-refractivity contribution in [2.75, 3.05) is 0 Å². The van der Waals surface area contributed by atoms with Gasteiger partial charge in [0, 0.05) is 0 Å². The molecule has 2 N–H and O–H groups in total. The molecule has 0 aliphatic rings. The third-order valence-corrected chi connectivity index (χ3v) is 1.28. The van der Waals surface area contributed by atoms with Gasteiger partial charge in [-0.25, -0.2) is 9.59 Å². The van der Waals surface area contributed by atoms with E-state index < -0.39 is 12.1 Å². The molecule has 0 fully saturated rings. The van der Waals surface area contributed by atoms with E-state index in [0.29, 0.717) is 0 Å². The Morgan fingerprint density at radius 2 is 1.69 bits per heavy atom. The van der Waals surface area contributed by atoms with Crippen LogP contribution in [0.4, 0.5) is 4.79 Å². The quantitative estimate of drug-likeness (QED) is 0.504. The van der Waals surface area contributed by atoms with E-state index in [2.05, 4.69) is 4.74 Å². The molecule has 0 aromatic heterocycles. The molecule has 1 aromatic rings. The molecular formula is C8H6O5. The van der Waals surface area contributed by atoms with Gasteiger partial charge in [0.25, 0.3) is 0 Å². The zero-order valence-electron chi connectivity index (χ0n) is 6.43. The van der Waals surface area contributed by atoms with Crippen molar-refractivity contribution in [2.45, 2.75) is 0 Å². The van der Waals surface area contributed by atoms with Gasteiger partial charge in [-0.3, -0.25) is 0 Å². The minimum Gasteiger partial charge on any atom is -0.508 e. The maximum Gasteiger partial charge on any atom is 0.513 e. The van der Waals surface area contributed by atoms with Crippen LogP contribution in [0.2, 0.25) is 0 Å². The van der Waals surface area contributed by atoms with Crippen LogP contribution in [0.1, 0.15) is 10.4 Å². The number of rotatable bonds is 1. The number of ether oxygens (including phenoxy) is 1. The molecule has 0 atom stereocenters. The number of hydrogen-bond acceptors (Lipinski definition) is 4. The first-order valence-corrected chi connectivity index (χ1v) is 3.34. The molecule has 0 saturated carbocycles. The summed E-state index contributed by atoms with van der Waals surface area (Å²) in [5.74, 6) is -0.973. The van der Waals surface area contributed by atoms with Crippen LogP contribution in [0.15, 0.2) is 24.3 Å². The van der Waals surface area contributed by atoms with Crippen molar-refractivity contribution in [1.29, 1.82) is 0 Å². The predicted molar refractivity (Wildman–Crippen MR) is 41.5 cm³/mol. The largest absolute Gasteiger partial charge is 0.513 e. The summed E-state index contributed by atoms with van der Waals surface area (Å²) in [7, 11) is 0. The maximum absolute atomic E-state index is 10.9. The summed E-state index contributed by atoms with van der Waals surface area (Å²) in [4.78, 5) is 20.8. The first kappa shape index (κ1) is 9.05. The molecule has 5 heteroatoms. The molecule has 0 heterocycles. The summed E-state index contributed by atoms with van der Waals surface area (Å²) in [5.41, 5.74) is 0.0696. The fraction of sp³-hybridized carbons (Fsp3) is 0. The van der Waals surface area contributed by atoms with E-state index >= 15 is 0 Å². The normalized spacial score (nSPS) is 9.23. The van der Waals surface area contributed by atoms with Crippen LogP contribution in [0.5, 0.6) is 5.75 Å². The standard InChI is InChI=1S/C8H6O5/c9-6-3-1-5(2-4-6)7(10)13-8(11)12/h1-4,9H,(H,11,12). The van der Waals surface area contributed by atoms with E-state index in [-0.39, 0.29) is 11.3 Å². The summed E-state index contributed by atoms with van der Waals surface area (Å²) in [5, 5.41) is 17.0. The highest BCUT2D eigenvalue weighted by molar-refractivity contribution is 5.94. The van der Waals surface area contributed by atoms with Gasteiger partial charge < -0.3 is 14.9 Å². The van der Waals surface area contributed by atoms with Crippen LogP contribution in [-0.2, 0) is 4.74 Å². The molecule has 68 valence electrons. The van der Waals surface area contributed by atoms with Gasteiger partial charge in [0.05, 0.1) is 5.56 Å². The van der Waals surface area contributed by atoms with Gasteiger partial charge in [0.15, 0.2) is 0 Å². The van der Waals surface area contributed by atoms with Gasteiger partial charge in [-0.1, -0.05) is 0 Å². The number of carboxylic acid groups (broad SMARTS) is 1.